The van der Waals surface area contributed by atoms with Gasteiger partial charge in [0.05, 0.1) is 6.61 Å². The maximum absolute atomic E-state index is 6.12. The zero-order valence-corrected chi connectivity index (χ0v) is 16.4. The lowest BCUT2D eigenvalue weighted by molar-refractivity contribution is 0.321. The summed E-state index contributed by atoms with van der Waals surface area (Å²) in [5.74, 6) is 2.33. The Morgan fingerprint density at radius 1 is 0.962 bits per heavy atom. The molecular formula is C24H30O2. The van der Waals surface area contributed by atoms with Gasteiger partial charge in [-0.15, -0.1) is 0 Å². The zero-order valence-electron chi connectivity index (χ0n) is 16.4. The lowest BCUT2D eigenvalue weighted by Crippen LogP contribution is -1.95. The van der Waals surface area contributed by atoms with E-state index in [1.165, 1.54) is 17.6 Å². The second-order valence-corrected chi connectivity index (χ2v) is 6.14. The topological polar surface area (TPSA) is 18.5 Å². The standard InChI is InChI=1S/C24H30O2/c1-5-9-11-20(7-3)21-13-15-22(16-14-21)26-24-18-19(10-6-2)12-17-23(24)25-8-4/h6,10-18H,5,7-9H2,1-4H3/b10-6+,20-11+. The van der Waals surface area contributed by atoms with Gasteiger partial charge in [0.15, 0.2) is 11.5 Å². The molecule has 0 spiro atoms. The molecular weight excluding hydrogens is 320 g/mol. The highest BCUT2D eigenvalue weighted by Gasteiger charge is 2.08. The van der Waals surface area contributed by atoms with Crippen LogP contribution in [0.4, 0.5) is 0 Å². The van der Waals surface area contributed by atoms with Crippen molar-refractivity contribution >= 4 is 11.6 Å². The van der Waals surface area contributed by atoms with Crippen LogP contribution in [-0.2, 0) is 0 Å². The summed E-state index contributed by atoms with van der Waals surface area (Å²) in [4.78, 5) is 0. The molecule has 0 aliphatic rings. The van der Waals surface area contributed by atoms with Gasteiger partial charge < -0.3 is 9.47 Å². The van der Waals surface area contributed by atoms with E-state index in [0.29, 0.717) is 6.61 Å². The Labute approximate surface area is 158 Å². The van der Waals surface area contributed by atoms with Gasteiger partial charge in [-0.2, -0.15) is 0 Å². The van der Waals surface area contributed by atoms with E-state index >= 15 is 0 Å². The first kappa shape index (κ1) is 19.8. The van der Waals surface area contributed by atoms with E-state index in [-0.39, 0.29) is 0 Å². The molecule has 2 rings (SSSR count). The number of allylic oxidation sites excluding steroid dienone is 3. The van der Waals surface area contributed by atoms with E-state index < -0.39 is 0 Å². The Kier molecular flexibility index (Phi) is 8.01. The van der Waals surface area contributed by atoms with Crippen LogP contribution in [0.25, 0.3) is 11.6 Å². The summed E-state index contributed by atoms with van der Waals surface area (Å²) in [5.41, 5.74) is 3.75. The molecule has 0 bridgehead atoms. The maximum atomic E-state index is 6.12. The third kappa shape index (κ3) is 5.52. The van der Waals surface area contributed by atoms with Crippen molar-refractivity contribution < 1.29 is 9.47 Å². The van der Waals surface area contributed by atoms with Crippen molar-refractivity contribution in [1.29, 1.82) is 0 Å². The van der Waals surface area contributed by atoms with Crippen LogP contribution in [0.5, 0.6) is 17.2 Å². The smallest absolute Gasteiger partial charge is 0.169 e. The quantitative estimate of drug-likeness (QED) is 0.466. The zero-order chi connectivity index (χ0) is 18.8. The minimum absolute atomic E-state index is 0.611. The van der Waals surface area contributed by atoms with Crippen molar-refractivity contribution in [3.8, 4) is 17.2 Å². The van der Waals surface area contributed by atoms with Crippen LogP contribution >= 0.6 is 0 Å². The Balaban J connectivity index is 2.23. The van der Waals surface area contributed by atoms with E-state index in [2.05, 4.69) is 38.1 Å². The van der Waals surface area contributed by atoms with Crippen molar-refractivity contribution in [3.63, 3.8) is 0 Å². The molecule has 0 fully saturated rings. The lowest BCUT2D eigenvalue weighted by Gasteiger charge is -2.13. The van der Waals surface area contributed by atoms with Crippen LogP contribution in [0.15, 0.2) is 54.6 Å². The van der Waals surface area contributed by atoms with E-state index in [9.17, 15) is 0 Å². The summed E-state index contributed by atoms with van der Waals surface area (Å²) < 4.78 is 11.8. The van der Waals surface area contributed by atoms with E-state index in [1.807, 2.05) is 50.3 Å². The normalized spacial score (nSPS) is 11.8. The highest BCUT2D eigenvalue weighted by Crippen LogP contribution is 2.34. The van der Waals surface area contributed by atoms with Gasteiger partial charge in [-0.3, -0.25) is 0 Å². The molecule has 2 heteroatoms. The van der Waals surface area contributed by atoms with E-state index in [4.69, 9.17) is 9.47 Å². The highest BCUT2D eigenvalue weighted by molar-refractivity contribution is 5.66. The Morgan fingerprint density at radius 2 is 1.73 bits per heavy atom. The summed E-state index contributed by atoms with van der Waals surface area (Å²) >= 11 is 0. The monoisotopic (exact) mass is 350 g/mol. The van der Waals surface area contributed by atoms with Crippen LogP contribution in [0.3, 0.4) is 0 Å². The molecule has 0 N–H and O–H groups in total. The molecule has 138 valence electrons. The minimum atomic E-state index is 0.611. The fourth-order valence-corrected chi connectivity index (χ4v) is 2.82. The average Bonchev–Trinajstić information content (AvgIpc) is 2.66. The molecule has 0 amide bonds. The van der Waals surface area contributed by atoms with Gasteiger partial charge in [0, 0.05) is 0 Å². The SMILES string of the molecule is C/C=C/c1ccc(OCC)c(Oc2ccc(/C(=C/CCC)CC)cc2)c1. The number of hydrogen-bond donors (Lipinski definition) is 0. The van der Waals surface area contributed by atoms with Crippen LogP contribution < -0.4 is 9.47 Å². The molecule has 26 heavy (non-hydrogen) atoms. The van der Waals surface area contributed by atoms with Gasteiger partial charge >= 0.3 is 0 Å². The van der Waals surface area contributed by atoms with Crippen LogP contribution in [-0.4, -0.2) is 6.61 Å². The largest absolute Gasteiger partial charge is 0.490 e. The van der Waals surface area contributed by atoms with Crippen molar-refractivity contribution in [2.24, 2.45) is 0 Å². The average molecular weight is 351 g/mol. The summed E-state index contributed by atoms with van der Waals surface area (Å²) in [5, 5.41) is 0. The molecule has 0 heterocycles. The predicted molar refractivity (Wildman–Crippen MR) is 112 cm³/mol. The van der Waals surface area contributed by atoms with Gasteiger partial charge in [-0.1, -0.05) is 56.7 Å². The molecule has 0 aliphatic heterocycles. The molecule has 0 aromatic heterocycles. The van der Waals surface area contributed by atoms with Gasteiger partial charge in [0.25, 0.3) is 0 Å². The van der Waals surface area contributed by atoms with Crippen LogP contribution in [0.2, 0.25) is 0 Å². The van der Waals surface area contributed by atoms with Gasteiger partial charge in [0.2, 0.25) is 0 Å². The highest BCUT2D eigenvalue weighted by atomic mass is 16.5. The summed E-state index contributed by atoms with van der Waals surface area (Å²) in [6.07, 6.45) is 9.74. The summed E-state index contributed by atoms with van der Waals surface area (Å²) in [6, 6.07) is 14.3. The second kappa shape index (κ2) is 10.5. The molecule has 0 unspecified atom stereocenters. The Morgan fingerprint density at radius 3 is 2.35 bits per heavy atom. The molecule has 2 aromatic carbocycles. The lowest BCUT2D eigenvalue weighted by atomic mass is 10.0. The molecule has 0 saturated carbocycles. The molecule has 2 aromatic rings. The van der Waals surface area contributed by atoms with Gasteiger partial charge in [-0.25, -0.2) is 0 Å². The number of ether oxygens (including phenoxy) is 2. The predicted octanol–water partition coefficient (Wildman–Crippen LogP) is 7.50. The van der Waals surface area contributed by atoms with Crippen molar-refractivity contribution in [2.45, 2.75) is 47.0 Å². The summed E-state index contributed by atoms with van der Waals surface area (Å²) in [7, 11) is 0. The molecule has 0 saturated heterocycles. The van der Waals surface area contributed by atoms with Crippen LogP contribution in [0.1, 0.15) is 58.1 Å². The molecule has 0 aliphatic carbocycles. The van der Waals surface area contributed by atoms with Crippen molar-refractivity contribution in [2.75, 3.05) is 6.61 Å². The molecule has 0 radical (unpaired) electrons. The number of unbranched alkanes of at least 4 members (excludes halogenated alkanes) is 1. The fourth-order valence-electron chi connectivity index (χ4n) is 2.82. The number of rotatable bonds is 9. The van der Waals surface area contributed by atoms with Gasteiger partial charge in [-0.05, 0) is 67.7 Å². The fraction of sp³-hybridized carbons (Fsp3) is 0.333. The third-order valence-electron chi connectivity index (χ3n) is 4.14. The molecule has 2 nitrogen and oxygen atoms in total. The Hall–Kier alpha value is -2.48. The maximum Gasteiger partial charge on any atom is 0.169 e. The minimum Gasteiger partial charge on any atom is -0.490 e. The molecule has 0 atom stereocenters. The van der Waals surface area contributed by atoms with E-state index in [0.717, 1.165) is 35.7 Å². The van der Waals surface area contributed by atoms with Gasteiger partial charge in [0.1, 0.15) is 5.75 Å². The first-order valence-corrected chi connectivity index (χ1v) is 9.58. The first-order valence-electron chi connectivity index (χ1n) is 9.58. The number of benzene rings is 2. The summed E-state index contributed by atoms with van der Waals surface area (Å²) in [6.45, 7) is 9.01. The third-order valence-corrected chi connectivity index (χ3v) is 4.14. The van der Waals surface area contributed by atoms with Crippen molar-refractivity contribution in [1.82, 2.24) is 0 Å². The van der Waals surface area contributed by atoms with E-state index in [1.54, 1.807) is 0 Å². The van der Waals surface area contributed by atoms with Crippen molar-refractivity contribution in [3.05, 3.63) is 65.7 Å². The first-order chi connectivity index (χ1) is 12.7. The van der Waals surface area contributed by atoms with Crippen LogP contribution in [0, 0.1) is 0 Å². The second-order valence-electron chi connectivity index (χ2n) is 6.14. The Bertz CT molecular complexity index is 739. The number of hydrogen-bond acceptors (Lipinski definition) is 2.